The van der Waals surface area contributed by atoms with Crippen LogP contribution in [0.4, 0.5) is 18.9 Å². The van der Waals surface area contributed by atoms with Gasteiger partial charge >= 0.3 is 6.18 Å². The quantitative estimate of drug-likeness (QED) is 0.573. The molecule has 5 rings (SSSR count). The predicted molar refractivity (Wildman–Crippen MR) is 126 cm³/mol. The molecule has 7 nitrogen and oxygen atoms in total. The van der Waals surface area contributed by atoms with Gasteiger partial charge in [0, 0.05) is 25.7 Å². The van der Waals surface area contributed by atoms with Crippen molar-refractivity contribution in [3.8, 4) is 0 Å². The summed E-state index contributed by atoms with van der Waals surface area (Å²) in [6, 6.07) is 9.63. The van der Waals surface area contributed by atoms with Crippen LogP contribution in [0.3, 0.4) is 0 Å². The first-order valence-electron chi connectivity index (χ1n) is 11.8. The van der Waals surface area contributed by atoms with Crippen molar-refractivity contribution in [1.29, 1.82) is 5.41 Å². The van der Waals surface area contributed by atoms with E-state index in [0.29, 0.717) is 25.4 Å². The molecule has 4 heterocycles. The van der Waals surface area contributed by atoms with Gasteiger partial charge in [-0.3, -0.25) is 20.4 Å². The van der Waals surface area contributed by atoms with E-state index in [2.05, 4.69) is 27.4 Å². The summed E-state index contributed by atoms with van der Waals surface area (Å²) in [6.45, 7) is 2.94. The maximum Gasteiger partial charge on any atom is 0.416 e. The lowest BCUT2D eigenvalue weighted by Gasteiger charge is -2.32. The number of halogens is 3. The third kappa shape index (κ3) is 5.17. The molecule has 10 heteroatoms. The standard InChI is InChI=1S/C25H27F3N6O/c26-25(27,28)20-3-1-18(2-4-20)16-32-9-5-17(6-10-32)13-19-7-12-34-21(14-19)22(15-30-34)33-11-8-23(35)31-24(33)29/h1-4,7,12,14-15,17H,5-6,8-11,13,16H2,(H2,29,31,35). The summed E-state index contributed by atoms with van der Waals surface area (Å²) in [7, 11) is 0. The number of fused-ring (bicyclic) bond motifs is 1. The average Bonchev–Trinajstić information content (AvgIpc) is 3.23. The third-order valence-corrected chi connectivity index (χ3v) is 6.87. The zero-order valence-corrected chi connectivity index (χ0v) is 19.2. The Labute approximate surface area is 201 Å². The second-order valence-corrected chi connectivity index (χ2v) is 9.31. The van der Waals surface area contributed by atoms with Crippen molar-refractivity contribution in [1.82, 2.24) is 19.8 Å². The van der Waals surface area contributed by atoms with Crippen LogP contribution in [0.2, 0.25) is 0 Å². The van der Waals surface area contributed by atoms with E-state index in [1.165, 1.54) is 5.56 Å². The van der Waals surface area contributed by atoms with Gasteiger partial charge in [0.25, 0.3) is 0 Å². The normalized spacial score (nSPS) is 18.3. The molecule has 2 aliphatic rings. The maximum absolute atomic E-state index is 12.8. The molecule has 2 saturated heterocycles. The smallest absolute Gasteiger partial charge is 0.309 e. The number of benzene rings is 1. The molecule has 2 aliphatic heterocycles. The minimum Gasteiger partial charge on any atom is -0.309 e. The van der Waals surface area contributed by atoms with Gasteiger partial charge in [0.1, 0.15) is 0 Å². The molecule has 1 aromatic carbocycles. The highest BCUT2D eigenvalue weighted by molar-refractivity contribution is 6.08. The van der Waals surface area contributed by atoms with Gasteiger partial charge in [-0.1, -0.05) is 12.1 Å². The lowest BCUT2D eigenvalue weighted by atomic mass is 9.90. The molecule has 35 heavy (non-hydrogen) atoms. The lowest BCUT2D eigenvalue weighted by molar-refractivity contribution is -0.137. The zero-order chi connectivity index (χ0) is 24.6. The van der Waals surface area contributed by atoms with Crippen LogP contribution < -0.4 is 10.2 Å². The summed E-state index contributed by atoms with van der Waals surface area (Å²) in [5.74, 6) is 0.454. The van der Waals surface area contributed by atoms with E-state index in [1.807, 2.05) is 6.20 Å². The first kappa shape index (κ1) is 23.3. The number of aromatic nitrogens is 2. The number of carbonyl (C=O) groups is 1. The van der Waals surface area contributed by atoms with Gasteiger partial charge in [0.05, 0.1) is 23.0 Å². The van der Waals surface area contributed by atoms with Crippen LogP contribution in [0.25, 0.3) is 5.52 Å². The minimum atomic E-state index is -4.30. The van der Waals surface area contributed by atoms with Crippen LogP contribution in [0, 0.1) is 11.3 Å². The zero-order valence-electron chi connectivity index (χ0n) is 19.2. The van der Waals surface area contributed by atoms with Crippen molar-refractivity contribution >= 4 is 23.1 Å². The summed E-state index contributed by atoms with van der Waals surface area (Å²) >= 11 is 0. The number of anilines is 1. The first-order chi connectivity index (χ1) is 16.8. The number of likely N-dealkylation sites (tertiary alicyclic amines) is 1. The number of alkyl halides is 3. The number of amides is 1. The van der Waals surface area contributed by atoms with E-state index >= 15 is 0 Å². The van der Waals surface area contributed by atoms with Crippen molar-refractivity contribution in [2.24, 2.45) is 5.92 Å². The molecule has 3 aromatic rings. The minimum absolute atomic E-state index is 0.0713. The Morgan fingerprint density at radius 2 is 1.80 bits per heavy atom. The van der Waals surface area contributed by atoms with Crippen molar-refractivity contribution in [2.45, 2.75) is 38.4 Å². The summed E-state index contributed by atoms with van der Waals surface area (Å²) in [6.07, 6.45) is 2.68. The first-order valence-corrected chi connectivity index (χ1v) is 11.8. The van der Waals surface area contributed by atoms with Crippen molar-refractivity contribution in [2.75, 3.05) is 24.5 Å². The number of guanidine groups is 1. The van der Waals surface area contributed by atoms with E-state index in [1.54, 1.807) is 27.7 Å². The molecule has 184 valence electrons. The van der Waals surface area contributed by atoms with E-state index in [-0.39, 0.29) is 11.9 Å². The Kier molecular flexibility index (Phi) is 6.22. The molecule has 0 radical (unpaired) electrons. The van der Waals surface area contributed by atoms with Gasteiger partial charge < -0.3 is 4.90 Å². The van der Waals surface area contributed by atoms with Crippen LogP contribution in [0.15, 0.2) is 48.8 Å². The molecule has 0 saturated carbocycles. The van der Waals surface area contributed by atoms with E-state index in [4.69, 9.17) is 5.41 Å². The number of rotatable bonds is 5. The van der Waals surface area contributed by atoms with Gasteiger partial charge in [0.15, 0.2) is 0 Å². The van der Waals surface area contributed by atoms with Crippen LogP contribution in [0.1, 0.15) is 36.0 Å². The summed E-state index contributed by atoms with van der Waals surface area (Å²) in [5.41, 5.74) is 3.20. The van der Waals surface area contributed by atoms with Gasteiger partial charge in [0.2, 0.25) is 11.9 Å². The number of nitrogens with zero attached hydrogens (tertiary/aromatic N) is 4. The Morgan fingerprint density at radius 1 is 1.06 bits per heavy atom. The van der Waals surface area contributed by atoms with Crippen molar-refractivity contribution < 1.29 is 18.0 Å². The van der Waals surface area contributed by atoms with Gasteiger partial charge in [-0.15, -0.1) is 0 Å². The molecular formula is C25H27F3N6O. The Morgan fingerprint density at radius 3 is 2.49 bits per heavy atom. The fraction of sp³-hybridized carbons (Fsp3) is 0.400. The van der Waals surface area contributed by atoms with E-state index in [0.717, 1.165) is 61.3 Å². The number of hydrogen-bond donors (Lipinski definition) is 2. The molecular weight excluding hydrogens is 457 g/mol. The Bertz CT molecular complexity index is 1230. The van der Waals surface area contributed by atoms with Gasteiger partial charge in [-0.05, 0) is 73.7 Å². The topological polar surface area (TPSA) is 76.7 Å². The summed E-state index contributed by atoms with van der Waals surface area (Å²) in [5, 5.41) is 15.1. The molecule has 0 aliphatic carbocycles. The third-order valence-electron chi connectivity index (χ3n) is 6.87. The van der Waals surface area contributed by atoms with E-state index < -0.39 is 11.7 Å². The SMILES string of the molecule is N=C1NC(=O)CCN1c1cnn2ccc(CC3CCN(Cc4ccc(C(F)(F)F)cc4)CC3)cc12. The van der Waals surface area contributed by atoms with E-state index in [9.17, 15) is 18.0 Å². The van der Waals surface area contributed by atoms with Gasteiger partial charge in [-0.25, -0.2) is 4.52 Å². The molecule has 2 N–H and O–H groups in total. The number of hydrogen-bond acceptors (Lipinski definition) is 4. The number of nitrogens with one attached hydrogen (secondary N) is 2. The maximum atomic E-state index is 12.8. The molecule has 2 fully saturated rings. The monoisotopic (exact) mass is 484 g/mol. The molecule has 0 atom stereocenters. The van der Waals surface area contributed by atoms with Crippen LogP contribution in [0.5, 0.6) is 0 Å². The highest BCUT2D eigenvalue weighted by Gasteiger charge is 2.30. The molecule has 1 amide bonds. The van der Waals surface area contributed by atoms with Crippen LogP contribution >= 0.6 is 0 Å². The predicted octanol–water partition coefficient (Wildman–Crippen LogP) is 4.07. The van der Waals surface area contributed by atoms with Crippen LogP contribution in [-0.4, -0.2) is 46.0 Å². The molecule has 0 unspecified atom stereocenters. The molecule has 0 spiro atoms. The van der Waals surface area contributed by atoms with Crippen molar-refractivity contribution in [3.05, 3.63) is 65.5 Å². The summed E-state index contributed by atoms with van der Waals surface area (Å²) in [4.78, 5) is 15.6. The largest absolute Gasteiger partial charge is 0.416 e. The van der Waals surface area contributed by atoms with Crippen molar-refractivity contribution in [3.63, 3.8) is 0 Å². The van der Waals surface area contributed by atoms with Crippen LogP contribution in [-0.2, 0) is 23.9 Å². The lowest BCUT2D eigenvalue weighted by Crippen LogP contribution is -2.50. The Balaban J connectivity index is 1.19. The fourth-order valence-electron chi connectivity index (χ4n) is 4.91. The number of carbonyl (C=O) groups excluding carboxylic acids is 1. The summed E-state index contributed by atoms with van der Waals surface area (Å²) < 4.78 is 40.1. The highest BCUT2D eigenvalue weighted by Crippen LogP contribution is 2.30. The molecule has 2 aromatic heterocycles. The highest BCUT2D eigenvalue weighted by atomic mass is 19.4. The average molecular weight is 485 g/mol. The number of piperidine rings is 1. The van der Waals surface area contributed by atoms with Gasteiger partial charge in [-0.2, -0.15) is 18.3 Å². The Hall–Kier alpha value is -3.40. The second kappa shape index (κ2) is 9.33. The fourth-order valence-corrected chi connectivity index (χ4v) is 4.91. The number of pyridine rings is 1. The second-order valence-electron chi connectivity index (χ2n) is 9.31. The molecule has 0 bridgehead atoms.